The fourth-order valence-electron chi connectivity index (χ4n) is 3.90. The monoisotopic (exact) mass is 296 g/mol. The molecule has 2 fully saturated rings. The Kier molecular flexibility index (Phi) is 6.10. The van der Waals surface area contributed by atoms with Crippen LogP contribution in [0.25, 0.3) is 0 Å². The second kappa shape index (κ2) is 7.43. The van der Waals surface area contributed by atoms with Gasteiger partial charge < -0.3 is 14.9 Å². The second-order valence-electron chi connectivity index (χ2n) is 8.10. The summed E-state index contributed by atoms with van der Waals surface area (Å²) in [6.07, 6.45) is 7.27. The van der Waals surface area contributed by atoms with E-state index < -0.39 is 0 Å². The molecule has 124 valence electrons. The Labute approximate surface area is 131 Å². The van der Waals surface area contributed by atoms with Gasteiger partial charge in [0.05, 0.1) is 6.10 Å². The first-order chi connectivity index (χ1) is 9.89. The van der Waals surface area contributed by atoms with E-state index in [9.17, 15) is 5.11 Å². The van der Waals surface area contributed by atoms with E-state index in [1.807, 2.05) is 0 Å². The molecule has 0 aromatic heterocycles. The molecular formula is C18H36N2O. The highest BCUT2D eigenvalue weighted by Crippen LogP contribution is 2.37. The third-order valence-electron chi connectivity index (χ3n) is 6.02. The van der Waals surface area contributed by atoms with Crippen LogP contribution in [0.3, 0.4) is 0 Å². The Bertz CT molecular complexity index is 302. The van der Waals surface area contributed by atoms with Crippen LogP contribution in [-0.2, 0) is 0 Å². The summed E-state index contributed by atoms with van der Waals surface area (Å²) in [5, 5.41) is 9.62. The zero-order chi connectivity index (χ0) is 15.5. The summed E-state index contributed by atoms with van der Waals surface area (Å²) >= 11 is 0. The molecule has 0 aromatic carbocycles. The first-order valence-electron chi connectivity index (χ1n) is 9.06. The molecule has 0 spiro atoms. The van der Waals surface area contributed by atoms with Gasteiger partial charge >= 0.3 is 0 Å². The van der Waals surface area contributed by atoms with Gasteiger partial charge in [0, 0.05) is 25.2 Å². The van der Waals surface area contributed by atoms with Gasteiger partial charge in [-0.05, 0) is 77.8 Å². The number of piperidine rings is 2. The van der Waals surface area contributed by atoms with E-state index in [-0.39, 0.29) is 6.10 Å². The number of aliphatic hydroxyl groups excluding tert-OH is 1. The molecule has 1 N–H and O–H groups in total. The fourth-order valence-corrected chi connectivity index (χ4v) is 3.90. The van der Waals surface area contributed by atoms with Gasteiger partial charge in [0.15, 0.2) is 0 Å². The molecule has 3 nitrogen and oxygen atoms in total. The molecule has 0 bridgehead atoms. The Balaban J connectivity index is 1.72. The van der Waals surface area contributed by atoms with Gasteiger partial charge in [-0.3, -0.25) is 0 Å². The number of nitrogens with zero attached hydrogens (tertiary/aromatic N) is 2. The summed E-state index contributed by atoms with van der Waals surface area (Å²) in [5.74, 6) is 0. The average molecular weight is 296 g/mol. The summed E-state index contributed by atoms with van der Waals surface area (Å²) in [5.41, 5.74) is 0.551. The third-order valence-corrected chi connectivity index (χ3v) is 6.02. The van der Waals surface area contributed by atoms with E-state index in [1.54, 1.807) is 0 Å². The minimum absolute atomic E-state index is 0.0497. The van der Waals surface area contributed by atoms with E-state index >= 15 is 0 Å². The van der Waals surface area contributed by atoms with Crippen molar-refractivity contribution in [2.75, 3.05) is 26.2 Å². The van der Waals surface area contributed by atoms with Gasteiger partial charge in [0.25, 0.3) is 0 Å². The summed E-state index contributed by atoms with van der Waals surface area (Å²) in [6.45, 7) is 14.2. The maximum absolute atomic E-state index is 9.62. The summed E-state index contributed by atoms with van der Waals surface area (Å²) < 4.78 is 0. The van der Waals surface area contributed by atoms with Crippen molar-refractivity contribution in [2.45, 2.75) is 84.4 Å². The maximum Gasteiger partial charge on any atom is 0.0564 e. The molecule has 0 radical (unpaired) electrons. The van der Waals surface area contributed by atoms with Crippen LogP contribution < -0.4 is 0 Å². The van der Waals surface area contributed by atoms with Crippen molar-refractivity contribution in [3.63, 3.8) is 0 Å². The Hall–Kier alpha value is -0.120. The number of likely N-dealkylation sites (tertiary alicyclic amines) is 2. The molecule has 0 aliphatic carbocycles. The van der Waals surface area contributed by atoms with Crippen LogP contribution in [0.5, 0.6) is 0 Å². The third kappa shape index (κ3) is 4.94. The van der Waals surface area contributed by atoms with Gasteiger partial charge in [0.1, 0.15) is 0 Å². The lowest BCUT2D eigenvalue weighted by atomic mass is 9.75. The Morgan fingerprint density at radius 2 is 1.57 bits per heavy atom. The summed E-state index contributed by atoms with van der Waals surface area (Å²) in [4.78, 5) is 5.20. The first-order valence-corrected chi connectivity index (χ1v) is 9.06. The molecule has 2 heterocycles. The second-order valence-corrected chi connectivity index (χ2v) is 8.10. The number of hydrogen-bond donors (Lipinski definition) is 1. The minimum atomic E-state index is -0.0497. The molecule has 0 aromatic rings. The molecule has 21 heavy (non-hydrogen) atoms. The molecule has 2 aliphatic heterocycles. The topological polar surface area (TPSA) is 26.7 Å². The minimum Gasteiger partial charge on any atom is -0.393 e. The molecule has 2 aliphatic rings. The highest BCUT2D eigenvalue weighted by atomic mass is 16.3. The molecule has 3 heteroatoms. The van der Waals surface area contributed by atoms with E-state index in [4.69, 9.17) is 0 Å². The SMILES string of the molecule is CC(C)N1CCC(C)(CCC(C)N2CCC(O)CC2)CC1. The lowest BCUT2D eigenvalue weighted by Gasteiger charge is -2.42. The van der Waals surface area contributed by atoms with Crippen molar-refractivity contribution in [2.24, 2.45) is 5.41 Å². The zero-order valence-electron chi connectivity index (χ0n) is 14.6. The standard InChI is InChI=1S/C18H36N2O/c1-15(2)19-13-9-18(4,10-14-19)8-5-16(3)20-11-6-17(21)7-12-20/h15-17,21H,5-14H2,1-4H3. The summed E-state index contributed by atoms with van der Waals surface area (Å²) in [7, 11) is 0. The summed E-state index contributed by atoms with van der Waals surface area (Å²) in [6, 6.07) is 1.38. The van der Waals surface area contributed by atoms with Crippen molar-refractivity contribution in [3.05, 3.63) is 0 Å². The predicted octanol–water partition coefficient (Wildman–Crippen LogP) is 3.12. The fraction of sp³-hybridized carbons (Fsp3) is 1.00. The average Bonchev–Trinajstić information content (AvgIpc) is 2.46. The van der Waals surface area contributed by atoms with Crippen molar-refractivity contribution < 1.29 is 5.11 Å². The Morgan fingerprint density at radius 1 is 1.00 bits per heavy atom. The highest BCUT2D eigenvalue weighted by molar-refractivity contribution is 4.85. The lowest BCUT2D eigenvalue weighted by molar-refractivity contribution is 0.0498. The molecule has 2 saturated heterocycles. The first kappa shape index (κ1) is 17.2. The highest BCUT2D eigenvalue weighted by Gasteiger charge is 2.31. The van der Waals surface area contributed by atoms with Gasteiger partial charge in [-0.1, -0.05) is 6.92 Å². The van der Waals surface area contributed by atoms with E-state index in [1.165, 1.54) is 38.8 Å². The molecular weight excluding hydrogens is 260 g/mol. The Morgan fingerprint density at radius 3 is 2.10 bits per heavy atom. The van der Waals surface area contributed by atoms with Crippen LogP contribution in [-0.4, -0.2) is 59.3 Å². The van der Waals surface area contributed by atoms with E-state index in [0.29, 0.717) is 17.5 Å². The van der Waals surface area contributed by atoms with Crippen LogP contribution in [0.1, 0.15) is 66.2 Å². The normalized spacial score (nSPS) is 27.1. The van der Waals surface area contributed by atoms with Gasteiger partial charge in [0.2, 0.25) is 0 Å². The van der Waals surface area contributed by atoms with Crippen molar-refractivity contribution >= 4 is 0 Å². The van der Waals surface area contributed by atoms with Crippen LogP contribution in [0, 0.1) is 5.41 Å². The molecule has 1 atom stereocenters. The zero-order valence-corrected chi connectivity index (χ0v) is 14.6. The van der Waals surface area contributed by atoms with E-state index in [2.05, 4.69) is 37.5 Å². The van der Waals surface area contributed by atoms with Gasteiger partial charge in [-0.15, -0.1) is 0 Å². The molecule has 0 saturated carbocycles. The predicted molar refractivity (Wildman–Crippen MR) is 89.6 cm³/mol. The van der Waals surface area contributed by atoms with Gasteiger partial charge in [-0.25, -0.2) is 0 Å². The maximum atomic E-state index is 9.62. The van der Waals surface area contributed by atoms with Crippen LogP contribution in [0.2, 0.25) is 0 Å². The quantitative estimate of drug-likeness (QED) is 0.844. The van der Waals surface area contributed by atoms with Crippen molar-refractivity contribution in [3.8, 4) is 0 Å². The largest absolute Gasteiger partial charge is 0.393 e. The number of rotatable bonds is 5. The van der Waals surface area contributed by atoms with Crippen LogP contribution in [0.4, 0.5) is 0 Å². The molecule has 1 unspecified atom stereocenters. The number of hydrogen-bond acceptors (Lipinski definition) is 3. The van der Waals surface area contributed by atoms with Crippen molar-refractivity contribution in [1.82, 2.24) is 9.80 Å². The molecule has 0 amide bonds. The van der Waals surface area contributed by atoms with Gasteiger partial charge in [-0.2, -0.15) is 0 Å². The van der Waals surface area contributed by atoms with Crippen molar-refractivity contribution in [1.29, 1.82) is 0 Å². The smallest absolute Gasteiger partial charge is 0.0564 e. The number of aliphatic hydroxyl groups is 1. The molecule has 2 rings (SSSR count). The van der Waals surface area contributed by atoms with E-state index in [0.717, 1.165) is 25.9 Å². The van der Waals surface area contributed by atoms with Crippen LogP contribution in [0.15, 0.2) is 0 Å². The van der Waals surface area contributed by atoms with Crippen LogP contribution >= 0.6 is 0 Å². The lowest BCUT2D eigenvalue weighted by Crippen LogP contribution is -2.44.